The highest BCUT2D eigenvalue weighted by Crippen LogP contribution is 2.71. The third kappa shape index (κ3) is 9.06. The lowest BCUT2D eigenvalue weighted by Crippen LogP contribution is -2.77. The first-order chi connectivity index (χ1) is 19.8. The second-order valence-electron chi connectivity index (χ2n) is 16.5. The zero-order chi connectivity index (χ0) is 34.2. The van der Waals surface area contributed by atoms with E-state index in [9.17, 15) is 19.2 Å². The second kappa shape index (κ2) is 12.5. The van der Waals surface area contributed by atoms with Gasteiger partial charge in [-0.05, 0) is 90.9 Å². The Bertz CT molecular complexity index is 1140. The first-order valence-corrected chi connectivity index (χ1v) is 18.8. The molecule has 0 aliphatic heterocycles. The first kappa shape index (κ1) is 37.3. The number of aliphatic carboxylic acids is 1. The number of nitrogens with zero attached hydrogens (tertiary/aromatic N) is 2. The van der Waals surface area contributed by atoms with Crippen LogP contribution < -0.4 is 10.6 Å². The minimum absolute atomic E-state index is 0.0299. The minimum Gasteiger partial charge on any atom is -0.481 e. The molecule has 2 unspecified atom stereocenters. The molecule has 12 nitrogen and oxygen atoms in total. The van der Waals surface area contributed by atoms with Gasteiger partial charge in [0, 0.05) is 11.1 Å². The number of rotatable bonds is 7. The Labute approximate surface area is 263 Å². The lowest BCUT2D eigenvalue weighted by atomic mass is 9.36. The molecule has 4 bridgehead atoms. The summed E-state index contributed by atoms with van der Waals surface area (Å²) in [6, 6.07) is 0. The summed E-state index contributed by atoms with van der Waals surface area (Å²) < 4.78 is 15.3. The Morgan fingerprint density at radius 3 is 1.36 bits per heavy atom. The summed E-state index contributed by atoms with van der Waals surface area (Å²) >= 11 is 0. The van der Waals surface area contributed by atoms with Crippen molar-refractivity contribution in [3.05, 3.63) is 5.53 Å². The molecule has 6 aliphatic rings. The van der Waals surface area contributed by atoms with Crippen LogP contribution in [-0.4, -0.2) is 77.3 Å². The number of carboxylic acid groups (broad SMARTS) is 1. The number of carboxylic acids is 1. The molecule has 6 rings (SSSR count). The van der Waals surface area contributed by atoms with Crippen molar-refractivity contribution < 1.29 is 43.3 Å². The van der Waals surface area contributed by atoms with Crippen LogP contribution in [0, 0.1) is 22.7 Å². The summed E-state index contributed by atoms with van der Waals surface area (Å²) in [6.07, 6.45) is 4.03. The average Bonchev–Trinajstić information content (AvgIpc) is 2.72. The Balaban J connectivity index is 0.000000254. The smallest absolute Gasteiger partial charge is 0.408 e. The number of amides is 2. The Morgan fingerprint density at radius 2 is 1.14 bits per heavy atom. The molecule has 0 spiro atoms. The lowest BCUT2D eigenvalue weighted by Gasteiger charge is -2.72. The van der Waals surface area contributed by atoms with Gasteiger partial charge in [-0.15, -0.1) is 0 Å². The third-order valence-electron chi connectivity index (χ3n) is 8.88. The summed E-state index contributed by atoms with van der Waals surface area (Å²) in [4.78, 5) is 48.8. The molecule has 13 heteroatoms. The quantitative estimate of drug-likeness (QED) is 0.0810. The van der Waals surface area contributed by atoms with E-state index in [2.05, 4.69) is 35.1 Å². The van der Waals surface area contributed by atoms with Crippen molar-refractivity contribution in [1.29, 1.82) is 0 Å². The fourth-order valence-electron chi connectivity index (χ4n) is 6.82. The summed E-state index contributed by atoms with van der Waals surface area (Å²) in [7, 11) is 0.217. The summed E-state index contributed by atoms with van der Waals surface area (Å²) in [5, 5.41) is 14.8. The Kier molecular flexibility index (Phi) is 10.6. The van der Waals surface area contributed by atoms with Crippen molar-refractivity contribution in [1.82, 2.24) is 10.6 Å². The standard InChI is InChI=1S/C14H23NO4.C13H21NO4.C4H10N2Si/c1-9(10(16)18-5)13-6-14(7-13,8-13)15-11(17)19-12(2,3)4;1-8(9(15)16)12-5-13(6-12,7-12)14-10(17)18-11(2,3)4;1-7(2,3)4-6-5/h9H,6-8H2,1-5H3,(H,15,17);8H,5-7H2,1-4H3,(H,14,17)(H,15,16);4H,1-3H3. The van der Waals surface area contributed by atoms with Crippen LogP contribution >= 0.6 is 0 Å². The maximum atomic E-state index is 11.7. The number of nitrogens with one attached hydrogen (secondary N) is 2. The molecular weight excluding hydrogens is 584 g/mol. The predicted molar refractivity (Wildman–Crippen MR) is 168 cm³/mol. The number of carbonyl (C=O) groups excluding carboxylic acids is 3. The van der Waals surface area contributed by atoms with E-state index in [0.717, 1.165) is 38.5 Å². The largest absolute Gasteiger partial charge is 0.481 e. The van der Waals surface area contributed by atoms with Gasteiger partial charge in [0.15, 0.2) is 8.07 Å². The highest BCUT2D eigenvalue weighted by atomic mass is 28.3. The highest BCUT2D eigenvalue weighted by Gasteiger charge is 2.72. The molecule has 0 heterocycles. The van der Waals surface area contributed by atoms with Crippen LogP contribution in [0.3, 0.4) is 0 Å². The Hall–Kier alpha value is -2.92. The predicted octanol–water partition coefficient (Wildman–Crippen LogP) is 5.56. The van der Waals surface area contributed by atoms with Crippen molar-refractivity contribution in [2.24, 2.45) is 22.7 Å². The lowest BCUT2D eigenvalue weighted by molar-refractivity contribution is -0.199. The van der Waals surface area contributed by atoms with E-state index in [1.807, 2.05) is 48.5 Å². The van der Waals surface area contributed by atoms with Crippen LogP contribution in [0.25, 0.3) is 5.53 Å². The van der Waals surface area contributed by atoms with Crippen LogP contribution in [-0.2, 0) is 23.8 Å². The van der Waals surface area contributed by atoms with Crippen molar-refractivity contribution >= 4 is 38.0 Å². The van der Waals surface area contributed by atoms with Crippen molar-refractivity contribution in [2.45, 2.75) is 136 Å². The molecule has 0 aromatic rings. The molecule has 44 heavy (non-hydrogen) atoms. The number of hydrogen-bond acceptors (Lipinski definition) is 7. The molecule has 6 fully saturated rings. The topological polar surface area (TPSA) is 177 Å². The maximum Gasteiger partial charge on any atom is 0.408 e. The number of carbonyl (C=O) groups is 4. The van der Waals surface area contributed by atoms with E-state index in [4.69, 9.17) is 24.8 Å². The number of esters is 1. The van der Waals surface area contributed by atoms with E-state index >= 15 is 0 Å². The van der Waals surface area contributed by atoms with E-state index in [1.54, 1.807) is 12.8 Å². The normalized spacial score (nSPS) is 30.4. The molecule has 2 atom stereocenters. The first-order valence-electron chi connectivity index (χ1n) is 15.3. The molecule has 0 saturated heterocycles. The van der Waals surface area contributed by atoms with Crippen molar-refractivity contribution in [2.75, 3.05) is 7.11 Å². The van der Waals surface area contributed by atoms with Gasteiger partial charge in [-0.2, -0.15) is 4.79 Å². The van der Waals surface area contributed by atoms with Gasteiger partial charge in [0.1, 0.15) is 11.2 Å². The second-order valence-corrected chi connectivity index (χ2v) is 21.5. The number of hydrogen-bond donors (Lipinski definition) is 3. The minimum atomic E-state index is -1.20. The average molecular weight is 639 g/mol. The summed E-state index contributed by atoms with van der Waals surface area (Å²) in [6.45, 7) is 21.0. The third-order valence-corrected chi connectivity index (χ3v) is 9.77. The maximum absolute atomic E-state index is 11.7. The van der Waals surface area contributed by atoms with Gasteiger partial charge in [0.05, 0.1) is 18.9 Å². The van der Waals surface area contributed by atoms with Gasteiger partial charge in [-0.3, -0.25) is 9.59 Å². The van der Waals surface area contributed by atoms with Crippen molar-refractivity contribution in [3.63, 3.8) is 0 Å². The molecule has 2 amide bonds. The van der Waals surface area contributed by atoms with E-state index in [-0.39, 0.29) is 45.8 Å². The van der Waals surface area contributed by atoms with Crippen molar-refractivity contribution in [3.8, 4) is 0 Å². The molecule has 0 aromatic carbocycles. The van der Waals surface area contributed by atoms with E-state index in [1.165, 1.54) is 7.11 Å². The molecule has 0 aromatic heterocycles. The van der Waals surface area contributed by atoms with Gasteiger partial charge >= 0.3 is 24.1 Å². The van der Waals surface area contributed by atoms with E-state index < -0.39 is 31.3 Å². The summed E-state index contributed by atoms with van der Waals surface area (Å²) in [5.74, 6) is 0.290. The summed E-state index contributed by atoms with van der Waals surface area (Å²) in [5.41, 5.74) is 6.61. The fraction of sp³-hybridized carbons (Fsp3) is 0.839. The number of ether oxygens (including phenoxy) is 3. The van der Waals surface area contributed by atoms with Gasteiger partial charge in [0.2, 0.25) is 5.84 Å². The molecule has 250 valence electrons. The molecule has 6 aliphatic carbocycles. The molecule has 6 saturated carbocycles. The van der Waals surface area contributed by atoms with Crippen LogP contribution in [0.15, 0.2) is 0 Å². The van der Waals surface area contributed by atoms with Gasteiger partial charge in [0.25, 0.3) is 0 Å². The monoisotopic (exact) mass is 638 g/mol. The SMILES string of the molecule is CC(C(=O)O)C12CC(NC(=O)OC(C)(C)C)(C1)C2.COC(=O)C(C)C12CC(NC(=O)OC(C)(C)C)(C1)C2.C[Si](C)(C)C=[N+]=[N-]. The van der Waals surface area contributed by atoms with Gasteiger partial charge in [-0.1, -0.05) is 33.5 Å². The fourth-order valence-corrected chi connectivity index (χ4v) is 7.17. The molecular formula is C31H54N4O8Si. The Morgan fingerprint density at radius 1 is 0.795 bits per heavy atom. The van der Waals surface area contributed by atoms with Crippen LogP contribution in [0.5, 0.6) is 0 Å². The van der Waals surface area contributed by atoms with Gasteiger partial charge in [-0.25, -0.2) is 9.59 Å². The zero-order valence-corrected chi connectivity index (χ0v) is 29.7. The van der Waals surface area contributed by atoms with Crippen LogP contribution in [0.4, 0.5) is 9.59 Å². The van der Waals surface area contributed by atoms with Crippen LogP contribution in [0.2, 0.25) is 19.6 Å². The van der Waals surface area contributed by atoms with Crippen LogP contribution in [0.1, 0.15) is 93.9 Å². The van der Waals surface area contributed by atoms with E-state index in [0.29, 0.717) is 0 Å². The number of methoxy groups -OCH3 is 1. The molecule has 3 N–H and O–H groups in total. The van der Waals surface area contributed by atoms with Gasteiger partial charge < -0.3 is 35.5 Å². The highest BCUT2D eigenvalue weighted by molar-refractivity contribution is 6.98. The zero-order valence-electron chi connectivity index (χ0n) is 28.7. The molecule has 0 radical (unpaired) electrons. The number of alkyl carbamates (subject to hydrolysis) is 2.